The van der Waals surface area contributed by atoms with Crippen molar-refractivity contribution in [2.75, 3.05) is 6.54 Å². The second-order valence-electron chi connectivity index (χ2n) is 5.34. The highest BCUT2D eigenvalue weighted by molar-refractivity contribution is 5.94. The van der Waals surface area contributed by atoms with Crippen LogP contribution >= 0.6 is 0 Å². The van der Waals surface area contributed by atoms with E-state index in [1.165, 1.54) is 5.56 Å². The van der Waals surface area contributed by atoms with Crippen LogP contribution in [0, 0.1) is 0 Å². The molecular formula is C17H15N3O. The van der Waals surface area contributed by atoms with Crippen molar-refractivity contribution in [2.45, 2.75) is 12.8 Å². The molecule has 0 spiro atoms. The molecule has 0 fully saturated rings. The van der Waals surface area contributed by atoms with Gasteiger partial charge in [0.05, 0.1) is 5.70 Å². The number of hydrogen-bond donors (Lipinski definition) is 1. The number of hydrogen-bond acceptors (Lipinski definition) is 3. The number of aliphatic imine (C=N–C) groups is 1. The Kier molecular flexibility index (Phi) is 2.74. The first kappa shape index (κ1) is 12.1. The molecule has 0 bridgehead atoms. The van der Waals surface area contributed by atoms with E-state index in [0.717, 1.165) is 42.2 Å². The van der Waals surface area contributed by atoms with Crippen LogP contribution < -0.4 is 5.32 Å². The van der Waals surface area contributed by atoms with E-state index in [9.17, 15) is 4.79 Å². The van der Waals surface area contributed by atoms with Gasteiger partial charge in [-0.05, 0) is 11.6 Å². The zero-order valence-corrected chi connectivity index (χ0v) is 11.5. The molecule has 0 radical (unpaired) electrons. The molecule has 0 saturated carbocycles. The van der Waals surface area contributed by atoms with Crippen molar-refractivity contribution in [1.82, 2.24) is 10.2 Å². The largest absolute Gasteiger partial charge is 0.327 e. The van der Waals surface area contributed by atoms with E-state index in [1.54, 1.807) is 6.08 Å². The van der Waals surface area contributed by atoms with Crippen LogP contribution in [-0.4, -0.2) is 23.2 Å². The maximum Gasteiger partial charge on any atom is 0.248 e. The minimum Gasteiger partial charge on any atom is -0.327 e. The second-order valence-corrected chi connectivity index (χ2v) is 5.34. The Hall–Kier alpha value is -2.62. The van der Waals surface area contributed by atoms with Crippen LogP contribution in [-0.2, 0) is 11.2 Å². The number of carbonyl (C=O) groups excluding carboxylic acids is 1. The van der Waals surface area contributed by atoms with Gasteiger partial charge >= 0.3 is 0 Å². The summed E-state index contributed by atoms with van der Waals surface area (Å²) in [6.07, 6.45) is 6.94. The molecule has 0 unspecified atom stereocenters. The Morgan fingerprint density at radius 2 is 2.05 bits per heavy atom. The van der Waals surface area contributed by atoms with E-state index in [1.807, 2.05) is 30.5 Å². The average molecular weight is 277 g/mol. The number of amidine groups is 1. The lowest BCUT2D eigenvalue weighted by atomic mass is 10.1. The first-order valence-electron chi connectivity index (χ1n) is 7.12. The summed E-state index contributed by atoms with van der Waals surface area (Å²) in [6, 6.07) is 10.3. The van der Waals surface area contributed by atoms with Crippen molar-refractivity contribution in [2.24, 2.45) is 4.99 Å². The van der Waals surface area contributed by atoms with Crippen LogP contribution in [0.2, 0.25) is 0 Å². The Morgan fingerprint density at radius 3 is 2.90 bits per heavy atom. The van der Waals surface area contributed by atoms with Crippen LogP contribution in [0.25, 0.3) is 0 Å². The monoisotopic (exact) mass is 277 g/mol. The molecule has 1 N–H and O–H groups in total. The molecule has 4 heteroatoms. The summed E-state index contributed by atoms with van der Waals surface area (Å²) in [4.78, 5) is 18.5. The summed E-state index contributed by atoms with van der Waals surface area (Å²) in [6.45, 7) is 0.877. The standard InChI is InChI=1S/C17H15N3O/c21-16-7-6-13-11-18-15(10-12-4-2-1-3-5-12)20-9-8-14(19-16)17(13)20/h1-7,11H,8-10H2,(H,19,21). The lowest BCUT2D eigenvalue weighted by Crippen LogP contribution is -2.32. The van der Waals surface area contributed by atoms with Crippen LogP contribution in [0.1, 0.15) is 12.0 Å². The first-order chi connectivity index (χ1) is 10.3. The number of nitrogens with one attached hydrogen (secondary N) is 1. The molecule has 104 valence electrons. The van der Waals surface area contributed by atoms with E-state index in [-0.39, 0.29) is 5.91 Å². The highest BCUT2D eigenvalue weighted by Gasteiger charge is 2.31. The molecule has 4 rings (SSSR count). The SMILES string of the molecule is O=C1C=CC2=CN=C(Cc3ccccc3)N3CCC(=C23)N1. The van der Waals surface area contributed by atoms with Crippen LogP contribution in [0.3, 0.4) is 0 Å². The Bertz CT molecular complexity index is 726. The van der Waals surface area contributed by atoms with Gasteiger partial charge in [-0.15, -0.1) is 0 Å². The predicted octanol–water partition coefficient (Wildman–Crippen LogP) is 2.13. The van der Waals surface area contributed by atoms with Crippen molar-refractivity contribution in [3.8, 4) is 0 Å². The van der Waals surface area contributed by atoms with Gasteiger partial charge in [-0.2, -0.15) is 0 Å². The molecule has 21 heavy (non-hydrogen) atoms. The zero-order chi connectivity index (χ0) is 14.2. The normalized spacial score (nSPS) is 19.8. The fourth-order valence-electron chi connectivity index (χ4n) is 3.00. The number of benzene rings is 1. The molecule has 0 atom stereocenters. The number of nitrogens with zero attached hydrogens (tertiary/aromatic N) is 2. The minimum atomic E-state index is -0.0562. The molecule has 0 aliphatic carbocycles. The predicted molar refractivity (Wildman–Crippen MR) is 81.3 cm³/mol. The average Bonchev–Trinajstić information content (AvgIpc) is 2.84. The second kappa shape index (κ2) is 4.74. The smallest absolute Gasteiger partial charge is 0.248 e. The van der Waals surface area contributed by atoms with Gasteiger partial charge in [0.1, 0.15) is 5.84 Å². The van der Waals surface area contributed by atoms with Crippen LogP contribution in [0.5, 0.6) is 0 Å². The maximum absolute atomic E-state index is 11.7. The van der Waals surface area contributed by atoms with Gasteiger partial charge in [-0.1, -0.05) is 30.3 Å². The van der Waals surface area contributed by atoms with E-state index in [0.29, 0.717) is 0 Å². The summed E-state index contributed by atoms with van der Waals surface area (Å²) in [7, 11) is 0. The summed E-state index contributed by atoms with van der Waals surface area (Å²) in [5, 5.41) is 2.97. The quantitative estimate of drug-likeness (QED) is 0.900. The van der Waals surface area contributed by atoms with Crippen molar-refractivity contribution in [3.05, 3.63) is 71.2 Å². The van der Waals surface area contributed by atoms with Crippen LogP contribution in [0.15, 0.2) is 70.6 Å². The summed E-state index contributed by atoms with van der Waals surface area (Å²) in [5.41, 5.74) is 4.38. The van der Waals surface area contributed by atoms with Crippen molar-refractivity contribution in [3.63, 3.8) is 0 Å². The summed E-state index contributed by atoms with van der Waals surface area (Å²) >= 11 is 0. The van der Waals surface area contributed by atoms with Gasteiger partial charge in [0, 0.05) is 42.9 Å². The molecule has 0 saturated heterocycles. The van der Waals surface area contributed by atoms with E-state index >= 15 is 0 Å². The van der Waals surface area contributed by atoms with Gasteiger partial charge in [-0.3, -0.25) is 4.79 Å². The fraction of sp³-hybridized carbons (Fsp3) is 0.176. The third-order valence-corrected chi connectivity index (χ3v) is 3.97. The maximum atomic E-state index is 11.7. The van der Waals surface area contributed by atoms with Crippen LogP contribution in [0.4, 0.5) is 0 Å². The molecule has 1 aromatic rings. The lowest BCUT2D eigenvalue weighted by Gasteiger charge is -2.27. The molecule has 0 aromatic heterocycles. The molecule has 3 aliphatic rings. The summed E-state index contributed by atoms with van der Waals surface area (Å²) in [5.74, 6) is 0.985. The van der Waals surface area contributed by atoms with E-state index < -0.39 is 0 Å². The van der Waals surface area contributed by atoms with Gasteiger partial charge in [0.25, 0.3) is 0 Å². The molecular weight excluding hydrogens is 262 g/mol. The molecule has 4 nitrogen and oxygen atoms in total. The van der Waals surface area contributed by atoms with Gasteiger partial charge in [-0.25, -0.2) is 4.99 Å². The number of allylic oxidation sites excluding steroid dienone is 1. The highest BCUT2D eigenvalue weighted by atomic mass is 16.1. The lowest BCUT2D eigenvalue weighted by molar-refractivity contribution is -0.115. The summed E-state index contributed by atoms with van der Waals surface area (Å²) < 4.78 is 0. The van der Waals surface area contributed by atoms with Crippen molar-refractivity contribution in [1.29, 1.82) is 0 Å². The Balaban J connectivity index is 1.71. The molecule has 3 heterocycles. The third kappa shape index (κ3) is 2.09. The molecule has 1 aromatic carbocycles. The van der Waals surface area contributed by atoms with Gasteiger partial charge in [0.15, 0.2) is 0 Å². The zero-order valence-electron chi connectivity index (χ0n) is 11.5. The van der Waals surface area contributed by atoms with Gasteiger partial charge < -0.3 is 10.2 Å². The molecule has 3 aliphatic heterocycles. The number of amides is 1. The van der Waals surface area contributed by atoms with Gasteiger partial charge in [0.2, 0.25) is 5.91 Å². The molecule has 1 amide bonds. The minimum absolute atomic E-state index is 0.0562. The topological polar surface area (TPSA) is 44.7 Å². The Labute approximate surface area is 123 Å². The third-order valence-electron chi connectivity index (χ3n) is 3.97. The Morgan fingerprint density at radius 1 is 1.19 bits per heavy atom. The van der Waals surface area contributed by atoms with Crippen molar-refractivity contribution >= 4 is 11.7 Å². The van der Waals surface area contributed by atoms with E-state index in [4.69, 9.17) is 0 Å². The highest BCUT2D eigenvalue weighted by Crippen LogP contribution is 2.33. The number of rotatable bonds is 2. The van der Waals surface area contributed by atoms with E-state index in [2.05, 4.69) is 27.3 Å². The number of carbonyl (C=O) groups is 1. The first-order valence-corrected chi connectivity index (χ1v) is 7.12. The fourth-order valence-corrected chi connectivity index (χ4v) is 3.00. The van der Waals surface area contributed by atoms with Crippen molar-refractivity contribution < 1.29 is 4.79 Å².